The van der Waals surface area contributed by atoms with E-state index in [1.165, 1.54) is 24.3 Å². The number of amides is 1. The van der Waals surface area contributed by atoms with Crippen LogP contribution < -0.4 is 40.0 Å². The number of unbranched alkanes of at least 4 members (excludes halogenated alkanes) is 2. The van der Waals surface area contributed by atoms with Gasteiger partial charge in [-0.25, -0.2) is 0 Å². The second-order valence-corrected chi connectivity index (χ2v) is 8.37. The third-order valence-electron chi connectivity index (χ3n) is 4.85. The van der Waals surface area contributed by atoms with Crippen LogP contribution in [0.1, 0.15) is 70.3 Å². The van der Waals surface area contributed by atoms with Gasteiger partial charge in [-0.05, 0) is 43.4 Å². The Labute approximate surface area is 195 Å². The summed E-state index contributed by atoms with van der Waals surface area (Å²) < 4.78 is 31.1. The first-order valence-corrected chi connectivity index (χ1v) is 11.2. The second kappa shape index (κ2) is 14.1. The number of hydrogen-bond donors (Lipinski definition) is 2. The Kier molecular flexibility index (Phi) is 13.7. The van der Waals surface area contributed by atoms with E-state index in [0.29, 0.717) is 31.4 Å². The molecule has 0 fully saturated rings. The molecule has 0 heterocycles. The van der Waals surface area contributed by atoms with Crippen molar-refractivity contribution in [1.82, 2.24) is 5.32 Å². The monoisotopic (exact) mass is 435 g/mol. The molecule has 0 aliphatic heterocycles. The maximum absolute atomic E-state index is 12.1. The van der Waals surface area contributed by atoms with E-state index in [4.69, 9.17) is 4.55 Å². The Bertz CT molecular complexity index is 736. The van der Waals surface area contributed by atoms with Crippen LogP contribution in [0.4, 0.5) is 0 Å². The molecule has 1 amide bonds. The molecular weight excluding hydrogens is 405 g/mol. The average molecular weight is 436 g/mol. The predicted molar refractivity (Wildman–Crippen MR) is 104 cm³/mol. The Morgan fingerprint density at radius 3 is 2.17 bits per heavy atom. The smallest absolute Gasteiger partial charge is 0.549 e. The van der Waals surface area contributed by atoms with Gasteiger partial charge in [0.2, 0.25) is 5.91 Å². The Morgan fingerprint density at radius 2 is 1.69 bits per heavy atom. The van der Waals surface area contributed by atoms with E-state index in [9.17, 15) is 23.1 Å². The fourth-order valence-corrected chi connectivity index (χ4v) is 3.57. The number of nitrogens with one attached hydrogen (secondary N) is 1. The molecule has 1 aromatic carbocycles. The van der Waals surface area contributed by atoms with Crippen LogP contribution >= 0.6 is 0 Å². The van der Waals surface area contributed by atoms with Gasteiger partial charge in [-0.15, -0.1) is 0 Å². The summed E-state index contributed by atoms with van der Waals surface area (Å²) in [6.45, 7) is 4.58. The van der Waals surface area contributed by atoms with Crippen LogP contribution in [0.25, 0.3) is 0 Å². The third-order valence-corrected chi connectivity index (χ3v) is 5.72. The van der Waals surface area contributed by atoms with Crippen molar-refractivity contribution in [2.75, 3.05) is 6.54 Å². The number of carbonyl (C=O) groups excluding carboxylic acids is 2. The number of carboxylic acids is 1. The Hall–Kier alpha value is -0.930. The van der Waals surface area contributed by atoms with E-state index in [2.05, 4.69) is 12.2 Å². The first kappa shape index (κ1) is 28.1. The first-order valence-electron chi connectivity index (χ1n) is 9.76. The van der Waals surface area contributed by atoms with Crippen LogP contribution in [0.2, 0.25) is 0 Å². The summed E-state index contributed by atoms with van der Waals surface area (Å²) in [5.41, 5.74) is 0.419. The van der Waals surface area contributed by atoms with Gasteiger partial charge in [0.1, 0.15) is 0 Å². The molecule has 2 N–H and O–H groups in total. The van der Waals surface area contributed by atoms with E-state index < -0.39 is 22.0 Å². The minimum absolute atomic E-state index is 0. The largest absolute Gasteiger partial charge is 1.00 e. The van der Waals surface area contributed by atoms with Crippen molar-refractivity contribution in [3.63, 3.8) is 0 Å². The van der Waals surface area contributed by atoms with Gasteiger partial charge in [0.05, 0.1) is 4.90 Å². The van der Waals surface area contributed by atoms with Crippen LogP contribution in [0.5, 0.6) is 0 Å². The van der Waals surface area contributed by atoms with Crippen LogP contribution in [0.3, 0.4) is 0 Å². The van der Waals surface area contributed by atoms with Crippen molar-refractivity contribution >= 4 is 22.0 Å². The van der Waals surface area contributed by atoms with Crippen LogP contribution in [0.15, 0.2) is 29.2 Å². The van der Waals surface area contributed by atoms with Crippen LogP contribution in [-0.2, 0) is 19.7 Å². The van der Waals surface area contributed by atoms with E-state index in [0.717, 1.165) is 25.7 Å². The Morgan fingerprint density at radius 1 is 1.07 bits per heavy atom. The number of rotatable bonds is 13. The molecule has 1 rings (SSSR count). The van der Waals surface area contributed by atoms with Gasteiger partial charge in [0, 0.05) is 24.3 Å². The molecule has 0 spiro atoms. The van der Waals surface area contributed by atoms with E-state index in [1.54, 1.807) is 0 Å². The molecular formula is C20H30NNaO6S. The van der Waals surface area contributed by atoms with Crippen LogP contribution in [0, 0.1) is 5.92 Å². The quantitative estimate of drug-likeness (QED) is 0.239. The van der Waals surface area contributed by atoms with Gasteiger partial charge >= 0.3 is 29.6 Å². The predicted octanol–water partition coefficient (Wildman–Crippen LogP) is -0.726. The van der Waals surface area contributed by atoms with Crippen molar-refractivity contribution in [2.24, 2.45) is 5.92 Å². The minimum atomic E-state index is -4.32. The summed E-state index contributed by atoms with van der Waals surface area (Å²) in [6, 6.07) is 5.07. The standard InChI is InChI=1S/C20H31NO6S.Na/c1-3-5-8-15(4-2)19(22)21-14-7-6-9-18(20(23)24)16-10-12-17(13-11-16)28(25,26)27;/h10-13,15,18H,3-9,14H2,1-2H3,(H,21,22)(H,23,24)(H,25,26,27);/q;+1/p-1. The van der Waals surface area contributed by atoms with E-state index in [1.807, 2.05) is 6.92 Å². The van der Waals surface area contributed by atoms with Crippen molar-refractivity contribution in [1.29, 1.82) is 0 Å². The fourth-order valence-electron chi connectivity index (χ4n) is 3.09. The van der Waals surface area contributed by atoms with Gasteiger partial charge in [0.25, 0.3) is 10.1 Å². The van der Waals surface area contributed by atoms with Crippen molar-refractivity contribution < 1.29 is 57.2 Å². The summed E-state index contributed by atoms with van der Waals surface area (Å²) in [7, 11) is -4.32. The topological polar surface area (TPSA) is 124 Å². The molecule has 7 nitrogen and oxygen atoms in total. The minimum Gasteiger partial charge on any atom is -0.549 e. The first-order chi connectivity index (χ1) is 13.2. The number of carboxylic acid groups (broad SMARTS) is 1. The maximum atomic E-state index is 12.1. The Balaban J connectivity index is 0.00000784. The van der Waals surface area contributed by atoms with Crippen LogP contribution in [-0.4, -0.2) is 31.4 Å². The molecule has 1 aromatic rings. The molecule has 2 atom stereocenters. The molecule has 29 heavy (non-hydrogen) atoms. The SMILES string of the molecule is CCCCC(CC)C(=O)NCCCCC(C(=O)[O-])c1ccc(S(=O)(=O)O)cc1.[Na+]. The summed E-state index contributed by atoms with van der Waals surface area (Å²) in [5, 5.41) is 14.3. The molecule has 0 aliphatic carbocycles. The maximum Gasteiger partial charge on any atom is 1.00 e. The summed E-state index contributed by atoms with van der Waals surface area (Å²) in [4.78, 5) is 23.3. The number of hydrogen-bond acceptors (Lipinski definition) is 5. The second-order valence-electron chi connectivity index (χ2n) is 6.95. The molecule has 0 aliphatic rings. The van der Waals surface area contributed by atoms with Gasteiger partial charge in [0.15, 0.2) is 0 Å². The zero-order valence-electron chi connectivity index (χ0n) is 17.5. The number of benzene rings is 1. The number of carbonyl (C=O) groups is 2. The fraction of sp³-hybridized carbons (Fsp3) is 0.600. The summed E-state index contributed by atoms with van der Waals surface area (Å²) >= 11 is 0. The normalized spacial score (nSPS) is 13.2. The zero-order chi connectivity index (χ0) is 21.2. The molecule has 0 bridgehead atoms. The van der Waals surface area contributed by atoms with Crippen molar-refractivity contribution in [3.05, 3.63) is 29.8 Å². The van der Waals surface area contributed by atoms with Gasteiger partial charge in [-0.1, -0.05) is 45.2 Å². The molecule has 158 valence electrons. The van der Waals surface area contributed by atoms with Gasteiger partial charge in [-0.2, -0.15) is 8.42 Å². The molecule has 9 heteroatoms. The molecule has 0 saturated carbocycles. The molecule has 0 radical (unpaired) electrons. The van der Waals surface area contributed by atoms with Gasteiger partial charge < -0.3 is 15.2 Å². The third kappa shape index (κ3) is 10.1. The molecule has 0 saturated heterocycles. The summed E-state index contributed by atoms with van der Waals surface area (Å²) in [5.74, 6) is -2.04. The molecule has 2 unspecified atom stereocenters. The zero-order valence-corrected chi connectivity index (χ0v) is 20.3. The van der Waals surface area contributed by atoms with E-state index in [-0.39, 0.29) is 46.3 Å². The van der Waals surface area contributed by atoms with E-state index >= 15 is 0 Å². The average Bonchev–Trinajstić information content (AvgIpc) is 2.64. The van der Waals surface area contributed by atoms with Gasteiger partial charge in [-0.3, -0.25) is 9.35 Å². The summed E-state index contributed by atoms with van der Waals surface area (Å²) in [6.07, 6.45) is 5.29. The number of aliphatic carboxylic acids is 1. The van der Waals surface area contributed by atoms with Crippen molar-refractivity contribution in [3.8, 4) is 0 Å². The van der Waals surface area contributed by atoms with Crippen molar-refractivity contribution in [2.45, 2.75) is 69.6 Å². The molecule has 0 aromatic heterocycles.